The van der Waals surface area contributed by atoms with Crippen LogP contribution in [-0.2, 0) is 10.8 Å². The van der Waals surface area contributed by atoms with Crippen molar-refractivity contribution in [2.24, 2.45) is 17.3 Å². The molecule has 1 aliphatic carbocycles. The molecule has 1 aromatic heterocycles. The number of hydrogen-bond acceptors (Lipinski definition) is 0. The molecule has 194 valence electrons. The van der Waals surface area contributed by atoms with Gasteiger partial charge in [-0.25, -0.2) is 0 Å². The number of benzene rings is 3. The Bertz CT molecular complexity index is 1380. The van der Waals surface area contributed by atoms with Crippen molar-refractivity contribution >= 4 is 10.9 Å². The van der Waals surface area contributed by atoms with Crippen molar-refractivity contribution in [2.45, 2.75) is 85.5 Å². The van der Waals surface area contributed by atoms with Crippen molar-refractivity contribution in [3.63, 3.8) is 0 Å². The Kier molecular flexibility index (Phi) is 6.21. The van der Waals surface area contributed by atoms with Gasteiger partial charge in [0.15, 0.2) is 0 Å². The molecule has 0 fully saturated rings. The van der Waals surface area contributed by atoms with E-state index in [-0.39, 0.29) is 16.2 Å². The van der Waals surface area contributed by atoms with E-state index in [2.05, 4.69) is 140 Å². The minimum atomic E-state index is -0.0883. The highest BCUT2D eigenvalue weighted by Gasteiger charge is 2.58. The molecule has 1 N–H and O–H groups in total. The van der Waals surface area contributed by atoms with Crippen LogP contribution in [0.3, 0.4) is 0 Å². The van der Waals surface area contributed by atoms with Gasteiger partial charge in [-0.05, 0) is 74.1 Å². The monoisotopic (exact) mass is 491 g/mol. The van der Waals surface area contributed by atoms with Crippen molar-refractivity contribution in [3.8, 4) is 11.1 Å². The Hall–Kier alpha value is -2.80. The Labute approximate surface area is 224 Å². The molecule has 3 aromatic carbocycles. The molecular formula is C36H45N. The normalized spacial score (nSPS) is 17.3. The number of nitrogens with one attached hydrogen (secondary N) is 1. The van der Waals surface area contributed by atoms with Crippen LogP contribution in [-0.4, -0.2) is 4.98 Å². The zero-order chi connectivity index (χ0) is 26.8. The van der Waals surface area contributed by atoms with E-state index in [4.69, 9.17) is 0 Å². The maximum Gasteiger partial charge on any atom is 0.0457 e. The molecule has 0 aliphatic heterocycles. The fraction of sp³-hybridized carbons (Fsp3) is 0.444. The highest BCUT2D eigenvalue weighted by atomic mass is 14.7. The summed E-state index contributed by atoms with van der Waals surface area (Å²) in [4.78, 5) is 3.53. The zero-order valence-electron chi connectivity index (χ0n) is 24.4. The summed E-state index contributed by atoms with van der Waals surface area (Å²) < 4.78 is 0. The molecule has 0 radical (unpaired) electrons. The molecule has 1 nitrogen and oxygen atoms in total. The molecule has 0 bridgehead atoms. The molecule has 37 heavy (non-hydrogen) atoms. The maximum atomic E-state index is 3.53. The van der Waals surface area contributed by atoms with Crippen LogP contribution in [0.2, 0.25) is 0 Å². The van der Waals surface area contributed by atoms with E-state index in [1.807, 2.05) is 0 Å². The molecule has 0 amide bonds. The number of aromatic amines is 1. The van der Waals surface area contributed by atoms with Gasteiger partial charge in [0.25, 0.3) is 0 Å². The lowest BCUT2D eigenvalue weighted by molar-refractivity contribution is 0.0641. The predicted octanol–water partition coefficient (Wildman–Crippen LogP) is 10.2. The van der Waals surface area contributed by atoms with Gasteiger partial charge in [-0.15, -0.1) is 0 Å². The number of aromatic nitrogens is 1. The van der Waals surface area contributed by atoms with Gasteiger partial charge in [0.05, 0.1) is 0 Å². The van der Waals surface area contributed by atoms with E-state index in [9.17, 15) is 0 Å². The van der Waals surface area contributed by atoms with E-state index in [0.29, 0.717) is 17.8 Å². The fourth-order valence-corrected chi connectivity index (χ4v) is 7.64. The molecular weight excluding hydrogens is 446 g/mol. The summed E-state index contributed by atoms with van der Waals surface area (Å²) in [7, 11) is 0. The smallest absolute Gasteiger partial charge is 0.0457 e. The van der Waals surface area contributed by atoms with Crippen LogP contribution in [0.15, 0.2) is 72.9 Å². The lowest BCUT2D eigenvalue weighted by Gasteiger charge is -2.54. The van der Waals surface area contributed by atoms with Gasteiger partial charge < -0.3 is 4.98 Å². The molecule has 1 aliphatic rings. The van der Waals surface area contributed by atoms with Gasteiger partial charge in [-0.1, -0.05) is 123 Å². The van der Waals surface area contributed by atoms with Crippen molar-refractivity contribution in [2.75, 3.05) is 0 Å². The van der Waals surface area contributed by atoms with Crippen LogP contribution in [0.25, 0.3) is 22.0 Å². The molecule has 4 aromatic rings. The molecule has 0 saturated carbocycles. The zero-order valence-corrected chi connectivity index (χ0v) is 24.4. The molecule has 3 atom stereocenters. The topological polar surface area (TPSA) is 15.8 Å². The van der Waals surface area contributed by atoms with E-state index < -0.39 is 0 Å². The van der Waals surface area contributed by atoms with E-state index in [1.165, 1.54) is 50.7 Å². The Morgan fingerprint density at radius 2 is 1.35 bits per heavy atom. The lowest BCUT2D eigenvalue weighted by Crippen LogP contribution is -2.51. The largest absolute Gasteiger partial charge is 0.361 e. The summed E-state index contributed by atoms with van der Waals surface area (Å²) in [5.74, 6) is 1.35. The van der Waals surface area contributed by atoms with Crippen LogP contribution >= 0.6 is 0 Å². The highest BCUT2D eigenvalue weighted by Crippen LogP contribution is 2.65. The standard InChI is InChI=1S/C36H45N/c1-10-23(2)35(8,9)36(30-17-13-11-15-27(30)28-16-12-14-18-31(28)36)25(4)24(3)26-19-20-33-29(21-26)32(22-37-33)34(5,6)7/h11-25,37H,10H2,1-9H3. The second-order valence-electron chi connectivity index (χ2n) is 13.3. The predicted molar refractivity (Wildman–Crippen MR) is 160 cm³/mol. The Morgan fingerprint density at radius 3 is 1.89 bits per heavy atom. The van der Waals surface area contributed by atoms with Crippen molar-refractivity contribution in [1.29, 1.82) is 0 Å². The van der Waals surface area contributed by atoms with Gasteiger partial charge in [0, 0.05) is 22.5 Å². The van der Waals surface area contributed by atoms with Crippen LogP contribution in [0.5, 0.6) is 0 Å². The van der Waals surface area contributed by atoms with Gasteiger partial charge >= 0.3 is 0 Å². The minimum absolute atomic E-state index is 0.0624. The molecule has 1 heteroatoms. The highest BCUT2D eigenvalue weighted by molar-refractivity contribution is 5.85. The van der Waals surface area contributed by atoms with Gasteiger partial charge in [-0.2, -0.15) is 0 Å². The summed E-state index contributed by atoms with van der Waals surface area (Å²) >= 11 is 0. The van der Waals surface area contributed by atoms with Crippen molar-refractivity contribution < 1.29 is 0 Å². The first-order valence-corrected chi connectivity index (χ1v) is 14.3. The van der Waals surface area contributed by atoms with Gasteiger partial charge in [0.2, 0.25) is 0 Å². The third-order valence-electron chi connectivity index (χ3n) is 10.3. The first kappa shape index (κ1) is 25.8. The molecule has 3 unspecified atom stereocenters. The molecule has 1 heterocycles. The average molecular weight is 492 g/mol. The van der Waals surface area contributed by atoms with E-state index in [0.717, 1.165) is 0 Å². The summed E-state index contributed by atoms with van der Waals surface area (Å²) in [5, 5.41) is 1.37. The van der Waals surface area contributed by atoms with Crippen LogP contribution in [0, 0.1) is 17.3 Å². The second kappa shape index (κ2) is 8.90. The van der Waals surface area contributed by atoms with Crippen molar-refractivity contribution in [1.82, 2.24) is 4.98 Å². The number of fused-ring (bicyclic) bond motifs is 4. The minimum Gasteiger partial charge on any atom is -0.361 e. The third kappa shape index (κ3) is 3.64. The van der Waals surface area contributed by atoms with Crippen LogP contribution in [0.4, 0.5) is 0 Å². The first-order valence-electron chi connectivity index (χ1n) is 14.3. The Morgan fingerprint density at radius 1 is 0.784 bits per heavy atom. The van der Waals surface area contributed by atoms with Gasteiger partial charge in [0.1, 0.15) is 0 Å². The van der Waals surface area contributed by atoms with Gasteiger partial charge in [-0.3, -0.25) is 0 Å². The third-order valence-corrected chi connectivity index (χ3v) is 10.3. The Balaban J connectivity index is 1.75. The quantitative estimate of drug-likeness (QED) is 0.276. The van der Waals surface area contributed by atoms with E-state index in [1.54, 1.807) is 0 Å². The summed E-state index contributed by atoms with van der Waals surface area (Å²) in [6, 6.07) is 25.6. The number of hydrogen-bond donors (Lipinski definition) is 1. The molecule has 0 saturated heterocycles. The molecule has 5 rings (SSSR count). The SMILES string of the molecule is CCC(C)C(C)(C)C1(C(C)C(C)c2ccc3[nH]cc(C(C)(C)C)c3c2)c2ccccc2-c2ccccc21. The summed E-state index contributed by atoms with van der Waals surface area (Å²) in [6.07, 6.45) is 3.38. The number of H-pyrrole nitrogens is 1. The second-order valence-corrected chi connectivity index (χ2v) is 13.3. The van der Waals surface area contributed by atoms with Crippen LogP contribution in [0.1, 0.15) is 96.9 Å². The molecule has 0 spiro atoms. The summed E-state index contributed by atoms with van der Waals surface area (Å²) in [5.41, 5.74) is 10.0. The fourth-order valence-electron chi connectivity index (χ4n) is 7.64. The van der Waals surface area contributed by atoms with Crippen LogP contribution < -0.4 is 0 Å². The van der Waals surface area contributed by atoms with E-state index >= 15 is 0 Å². The lowest BCUT2D eigenvalue weighted by atomic mass is 9.48. The van der Waals surface area contributed by atoms with Crippen molar-refractivity contribution in [3.05, 3.63) is 95.2 Å². The average Bonchev–Trinajstić information content (AvgIpc) is 3.45. The number of rotatable bonds is 6. The maximum absolute atomic E-state index is 3.53. The first-order chi connectivity index (χ1) is 17.5. The summed E-state index contributed by atoms with van der Waals surface area (Å²) in [6.45, 7) is 21.8.